The van der Waals surface area contributed by atoms with Crippen molar-refractivity contribution in [2.75, 3.05) is 13.2 Å². The summed E-state index contributed by atoms with van der Waals surface area (Å²) in [6.45, 7) is 2.41. The van der Waals surface area contributed by atoms with Crippen molar-refractivity contribution >= 4 is 5.97 Å². The number of hydrogen-bond acceptors (Lipinski definition) is 3. The van der Waals surface area contributed by atoms with Gasteiger partial charge in [-0.15, -0.1) is 0 Å². The van der Waals surface area contributed by atoms with Crippen LogP contribution in [0.15, 0.2) is 0 Å². The Morgan fingerprint density at radius 1 is 1.67 bits per heavy atom. The third kappa shape index (κ3) is 0.874. The fourth-order valence-electron chi connectivity index (χ4n) is 2.09. The summed E-state index contributed by atoms with van der Waals surface area (Å²) in [6.07, 6.45) is 0.581. The van der Waals surface area contributed by atoms with E-state index in [9.17, 15) is 9.18 Å². The Balaban J connectivity index is 2.03. The average molecular weight is 173 g/mol. The highest BCUT2D eigenvalue weighted by atomic mass is 19.1. The van der Waals surface area contributed by atoms with E-state index in [0.29, 0.717) is 26.0 Å². The first-order chi connectivity index (χ1) is 5.60. The maximum absolute atomic E-state index is 13.3. The average Bonchev–Trinajstić information content (AvgIpc) is 2.42. The van der Waals surface area contributed by atoms with Gasteiger partial charge in [-0.1, -0.05) is 0 Å². The van der Waals surface area contributed by atoms with Crippen molar-refractivity contribution in [1.29, 1.82) is 0 Å². The topological polar surface area (TPSA) is 38.3 Å². The van der Waals surface area contributed by atoms with Gasteiger partial charge in [-0.25, -0.2) is 4.39 Å². The Morgan fingerprint density at radius 3 is 2.75 bits per heavy atom. The summed E-state index contributed by atoms with van der Waals surface area (Å²) in [5.41, 5.74) is -1.81. The van der Waals surface area contributed by atoms with Crippen molar-refractivity contribution in [2.45, 2.75) is 31.0 Å². The zero-order chi connectivity index (χ0) is 8.82. The van der Waals surface area contributed by atoms with Crippen LogP contribution in [0.3, 0.4) is 0 Å². The highest BCUT2D eigenvalue weighted by molar-refractivity contribution is 5.84. The van der Waals surface area contributed by atoms with Gasteiger partial charge in [0.15, 0.2) is 0 Å². The van der Waals surface area contributed by atoms with Gasteiger partial charge in [-0.3, -0.25) is 10.1 Å². The molecule has 3 rings (SSSR count). The van der Waals surface area contributed by atoms with Crippen LogP contribution in [-0.4, -0.2) is 30.3 Å². The van der Waals surface area contributed by atoms with Crippen LogP contribution in [0, 0.1) is 0 Å². The molecule has 1 saturated carbocycles. The molecule has 3 aliphatic rings. The maximum Gasteiger partial charge on any atom is 0.326 e. The molecule has 0 atom stereocenters. The molecule has 3 nitrogen and oxygen atoms in total. The number of nitrogens with one attached hydrogen (secondary N) is 1. The molecule has 2 heterocycles. The number of fused-ring (bicyclic) bond motifs is 1. The van der Waals surface area contributed by atoms with Crippen LogP contribution >= 0.6 is 0 Å². The highest BCUT2D eigenvalue weighted by Crippen LogP contribution is 2.50. The van der Waals surface area contributed by atoms with Crippen molar-refractivity contribution in [1.82, 2.24) is 5.32 Å². The van der Waals surface area contributed by atoms with Crippen LogP contribution in [0.25, 0.3) is 0 Å². The second-order valence-corrected chi connectivity index (χ2v) is 3.66. The molecule has 4 heteroatoms. The zero-order valence-electron chi connectivity index (χ0n) is 7.02. The number of esters is 1. The summed E-state index contributed by atoms with van der Waals surface area (Å²) in [5.74, 6) is -0.296. The van der Waals surface area contributed by atoms with Crippen LogP contribution in [-0.2, 0) is 9.53 Å². The third-order valence-electron chi connectivity index (χ3n) is 2.65. The van der Waals surface area contributed by atoms with Crippen molar-refractivity contribution in [2.24, 2.45) is 0 Å². The smallest absolute Gasteiger partial charge is 0.326 e. The van der Waals surface area contributed by atoms with Gasteiger partial charge in [-0.2, -0.15) is 0 Å². The molecule has 2 aliphatic heterocycles. The number of alkyl halides is 1. The SMILES string of the molecule is CCOC(=O)C12CC(F)(CN1)C2. The normalized spacial score (nSPS) is 43.8. The van der Waals surface area contributed by atoms with Gasteiger partial charge in [0.1, 0.15) is 11.2 Å². The maximum atomic E-state index is 13.3. The molecule has 12 heavy (non-hydrogen) atoms. The molecule has 2 saturated heterocycles. The van der Waals surface area contributed by atoms with E-state index >= 15 is 0 Å². The summed E-state index contributed by atoms with van der Waals surface area (Å²) >= 11 is 0. The third-order valence-corrected chi connectivity index (χ3v) is 2.65. The van der Waals surface area contributed by atoms with Gasteiger partial charge in [0.2, 0.25) is 0 Å². The number of carbonyl (C=O) groups is 1. The van der Waals surface area contributed by atoms with Crippen LogP contribution in [0.4, 0.5) is 4.39 Å². The van der Waals surface area contributed by atoms with E-state index in [0.717, 1.165) is 0 Å². The number of rotatable bonds is 2. The molecular weight excluding hydrogens is 161 g/mol. The van der Waals surface area contributed by atoms with E-state index < -0.39 is 11.2 Å². The summed E-state index contributed by atoms with van der Waals surface area (Å²) in [5, 5.41) is 2.88. The van der Waals surface area contributed by atoms with Gasteiger partial charge in [0.25, 0.3) is 0 Å². The molecule has 0 spiro atoms. The van der Waals surface area contributed by atoms with E-state index in [-0.39, 0.29) is 5.97 Å². The van der Waals surface area contributed by atoms with Gasteiger partial charge >= 0.3 is 5.97 Å². The first kappa shape index (κ1) is 7.98. The minimum Gasteiger partial charge on any atom is -0.465 e. The van der Waals surface area contributed by atoms with E-state index in [1.807, 2.05) is 0 Å². The molecule has 2 bridgehead atoms. The molecule has 0 amide bonds. The predicted octanol–water partition coefficient (Wildman–Crippen LogP) is 0.394. The van der Waals surface area contributed by atoms with E-state index in [1.165, 1.54) is 0 Å². The summed E-state index contributed by atoms with van der Waals surface area (Å²) in [6, 6.07) is 0. The number of carbonyl (C=O) groups excluding carboxylic acids is 1. The summed E-state index contributed by atoms with van der Waals surface area (Å²) < 4.78 is 18.1. The molecule has 0 aromatic carbocycles. The van der Waals surface area contributed by atoms with E-state index in [2.05, 4.69) is 5.32 Å². The number of halogens is 1. The van der Waals surface area contributed by atoms with Gasteiger partial charge in [0, 0.05) is 19.4 Å². The first-order valence-corrected chi connectivity index (χ1v) is 4.21. The Labute approximate surface area is 70.3 Å². The second-order valence-electron chi connectivity index (χ2n) is 3.66. The lowest BCUT2D eigenvalue weighted by Gasteiger charge is -2.38. The minimum atomic E-state index is -1.13. The largest absolute Gasteiger partial charge is 0.465 e. The summed E-state index contributed by atoms with van der Waals surface area (Å²) in [7, 11) is 0. The van der Waals surface area contributed by atoms with E-state index in [1.54, 1.807) is 6.92 Å². The Bertz CT molecular complexity index is 223. The molecule has 0 unspecified atom stereocenters. The monoisotopic (exact) mass is 173 g/mol. The fraction of sp³-hybridized carbons (Fsp3) is 0.875. The highest BCUT2D eigenvalue weighted by Gasteiger charge is 2.66. The molecule has 0 radical (unpaired) electrons. The molecule has 3 fully saturated rings. The second kappa shape index (κ2) is 2.19. The zero-order valence-corrected chi connectivity index (χ0v) is 7.02. The van der Waals surface area contributed by atoms with Crippen molar-refractivity contribution in [3.05, 3.63) is 0 Å². The Hall–Kier alpha value is -0.640. The van der Waals surface area contributed by atoms with Crippen molar-refractivity contribution in [3.63, 3.8) is 0 Å². The van der Waals surface area contributed by atoms with Crippen LogP contribution in [0.5, 0.6) is 0 Å². The Kier molecular flexibility index (Phi) is 1.46. The number of hydrogen-bond donors (Lipinski definition) is 1. The minimum absolute atomic E-state index is 0.291. The predicted molar refractivity (Wildman–Crippen MR) is 40.4 cm³/mol. The lowest BCUT2D eigenvalue weighted by Crippen LogP contribution is -2.56. The molecular formula is C8H12FNO2. The van der Waals surface area contributed by atoms with Crippen molar-refractivity contribution < 1.29 is 13.9 Å². The van der Waals surface area contributed by atoms with E-state index in [4.69, 9.17) is 4.74 Å². The molecule has 0 aromatic heterocycles. The van der Waals surface area contributed by atoms with Gasteiger partial charge < -0.3 is 4.74 Å². The molecule has 1 N–H and O–H groups in total. The van der Waals surface area contributed by atoms with Gasteiger partial charge in [-0.05, 0) is 6.92 Å². The molecule has 68 valence electrons. The van der Waals surface area contributed by atoms with Crippen LogP contribution in [0.2, 0.25) is 0 Å². The lowest BCUT2D eigenvalue weighted by atomic mass is 9.71. The summed E-state index contributed by atoms with van der Waals surface area (Å²) in [4.78, 5) is 11.3. The number of ether oxygens (including phenoxy) is 1. The Morgan fingerprint density at radius 2 is 2.33 bits per heavy atom. The first-order valence-electron chi connectivity index (χ1n) is 4.21. The van der Waals surface area contributed by atoms with Gasteiger partial charge in [0.05, 0.1) is 6.61 Å². The molecule has 1 aliphatic carbocycles. The lowest BCUT2D eigenvalue weighted by molar-refractivity contribution is -0.156. The van der Waals surface area contributed by atoms with Crippen molar-refractivity contribution in [3.8, 4) is 0 Å². The van der Waals surface area contributed by atoms with Crippen LogP contribution < -0.4 is 5.32 Å². The quantitative estimate of drug-likeness (QED) is 0.614. The molecule has 0 aromatic rings. The van der Waals surface area contributed by atoms with Crippen LogP contribution in [0.1, 0.15) is 19.8 Å². The fourth-order valence-corrected chi connectivity index (χ4v) is 2.09. The standard InChI is InChI=1S/C8H12FNO2/c1-2-12-6(11)8-3-7(9,4-8)5-10-8/h10H,2-5H2,1H3.